The van der Waals surface area contributed by atoms with Gasteiger partial charge < -0.3 is 15.4 Å². The van der Waals surface area contributed by atoms with Gasteiger partial charge in [-0.1, -0.05) is 18.5 Å². The van der Waals surface area contributed by atoms with Crippen molar-refractivity contribution in [1.29, 1.82) is 0 Å². The summed E-state index contributed by atoms with van der Waals surface area (Å²) in [7, 11) is 0. The Balaban J connectivity index is 2.28. The fourth-order valence-corrected chi connectivity index (χ4v) is 2.44. The van der Waals surface area contributed by atoms with Gasteiger partial charge in [-0.3, -0.25) is 0 Å². The van der Waals surface area contributed by atoms with Crippen LogP contribution in [-0.2, 0) is 4.74 Å². The molecular formula is C13H19ClN2O. The SMILES string of the molecule is CCC1COC(C)CN1c1ccc(Cl)cc1N. The van der Waals surface area contributed by atoms with Crippen LogP contribution in [0.4, 0.5) is 11.4 Å². The molecule has 4 heteroatoms. The first-order valence-electron chi connectivity index (χ1n) is 6.05. The van der Waals surface area contributed by atoms with E-state index in [0.717, 1.165) is 30.9 Å². The number of benzene rings is 1. The second kappa shape index (κ2) is 5.15. The molecule has 3 nitrogen and oxygen atoms in total. The highest BCUT2D eigenvalue weighted by atomic mass is 35.5. The molecule has 0 spiro atoms. The van der Waals surface area contributed by atoms with Crippen molar-refractivity contribution in [2.75, 3.05) is 23.8 Å². The van der Waals surface area contributed by atoms with Gasteiger partial charge in [0, 0.05) is 11.6 Å². The number of ether oxygens (including phenoxy) is 1. The Morgan fingerprint density at radius 1 is 1.53 bits per heavy atom. The van der Waals surface area contributed by atoms with Crippen LogP contribution in [0.5, 0.6) is 0 Å². The first-order valence-corrected chi connectivity index (χ1v) is 6.43. The Kier molecular flexibility index (Phi) is 3.79. The van der Waals surface area contributed by atoms with E-state index in [0.29, 0.717) is 11.1 Å². The largest absolute Gasteiger partial charge is 0.397 e. The summed E-state index contributed by atoms with van der Waals surface area (Å²) in [4.78, 5) is 2.33. The Morgan fingerprint density at radius 3 is 2.94 bits per heavy atom. The number of morpholine rings is 1. The number of nitrogen functional groups attached to an aromatic ring is 1. The molecule has 1 aromatic carbocycles. The minimum Gasteiger partial charge on any atom is -0.397 e. The summed E-state index contributed by atoms with van der Waals surface area (Å²) in [6, 6.07) is 6.09. The van der Waals surface area contributed by atoms with Crippen molar-refractivity contribution >= 4 is 23.0 Å². The number of nitrogens with two attached hydrogens (primary N) is 1. The highest BCUT2D eigenvalue weighted by Crippen LogP contribution is 2.30. The van der Waals surface area contributed by atoms with Gasteiger partial charge in [-0.05, 0) is 31.5 Å². The maximum absolute atomic E-state index is 6.05. The second-order valence-corrected chi connectivity index (χ2v) is 5.00. The number of hydrogen-bond acceptors (Lipinski definition) is 3. The molecule has 2 unspecified atom stereocenters. The lowest BCUT2D eigenvalue weighted by Crippen LogP contribution is -2.48. The lowest BCUT2D eigenvalue weighted by molar-refractivity contribution is 0.0300. The number of hydrogen-bond donors (Lipinski definition) is 1. The summed E-state index contributed by atoms with van der Waals surface area (Å²) in [6.07, 6.45) is 1.29. The molecule has 1 aromatic rings. The predicted molar refractivity (Wildman–Crippen MR) is 72.7 cm³/mol. The summed E-state index contributed by atoms with van der Waals surface area (Å²) >= 11 is 5.93. The van der Waals surface area contributed by atoms with Crippen LogP contribution in [0.15, 0.2) is 18.2 Å². The van der Waals surface area contributed by atoms with Crippen LogP contribution >= 0.6 is 11.6 Å². The quantitative estimate of drug-likeness (QED) is 0.825. The molecule has 94 valence electrons. The van der Waals surface area contributed by atoms with Crippen molar-refractivity contribution in [2.45, 2.75) is 32.4 Å². The molecule has 0 amide bonds. The van der Waals surface area contributed by atoms with Crippen LogP contribution in [0.2, 0.25) is 5.02 Å². The molecule has 1 fully saturated rings. The summed E-state index contributed by atoms with van der Waals surface area (Å²) < 4.78 is 5.69. The van der Waals surface area contributed by atoms with Gasteiger partial charge in [-0.2, -0.15) is 0 Å². The van der Waals surface area contributed by atoms with Gasteiger partial charge in [0.1, 0.15) is 0 Å². The van der Waals surface area contributed by atoms with E-state index in [1.54, 1.807) is 0 Å². The fraction of sp³-hybridized carbons (Fsp3) is 0.538. The molecule has 2 N–H and O–H groups in total. The van der Waals surface area contributed by atoms with Gasteiger partial charge in [0.15, 0.2) is 0 Å². The number of anilines is 2. The first-order chi connectivity index (χ1) is 8.11. The monoisotopic (exact) mass is 254 g/mol. The first kappa shape index (κ1) is 12.5. The van der Waals surface area contributed by atoms with E-state index < -0.39 is 0 Å². The normalized spacial score (nSPS) is 25.0. The summed E-state index contributed by atoms with van der Waals surface area (Å²) in [5, 5.41) is 0.681. The topological polar surface area (TPSA) is 38.5 Å². The van der Waals surface area contributed by atoms with Crippen LogP contribution < -0.4 is 10.6 Å². The van der Waals surface area contributed by atoms with E-state index in [-0.39, 0.29) is 6.10 Å². The van der Waals surface area contributed by atoms with Gasteiger partial charge >= 0.3 is 0 Å². The maximum atomic E-state index is 6.05. The third-order valence-electron chi connectivity index (χ3n) is 3.24. The second-order valence-electron chi connectivity index (χ2n) is 4.56. The Bertz CT molecular complexity index is 397. The third kappa shape index (κ3) is 2.67. The van der Waals surface area contributed by atoms with Gasteiger partial charge in [0.25, 0.3) is 0 Å². The van der Waals surface area contributed by atoms with Crippen molar-refractivity contribution in [3.05, 3.63) is 23.2 Å². The summed E-state index contributed by atoms with van der Waals surface area (Å²) in [5.41, 5.74) is 7.85. The van der Waals surface area contributed by atoms with Gasteiger partial charge in [-0.15, -0.1) is 0 Å². The molecule has 0 bridgehead atoms. The lowest BCUT2D eigenvalue weighted by Gasteiger charge is -2.40. The standard InChI is InChI=1S/C13H19ClN2O/c1-3-11-8-17-9(2)7-16(11)13-5-4-10(14)6-12(13)15/h4-6,9,11H,3,7-8,15H2,1-2H3. The smallest absolute Gasteiger partial charge is 0.0723 e. The molecule has 1 aliphatic rings. The van der Waals surface area contributed by atoms with Crippen molar-refractivity contribution in [3.8, 4) is 0 Å². The fourth-order valence-electron chi connectivity index (χ4n) is 2.26. The molecule has 2 atom stereocenters. The predicted octanol–water partition coefficient (Wildman–Crippen LogP) is 2.93. The van der Waals surface area contributed by atoms with Crippen molar-refractivity contribution < 1.29 is 4.74 Å². The highest BCUT2D eigenvalue weighted by Gasteiger charge is 2.26. The maximum Gasteiger partial charge on any atom is 0.0723 e. The van der Waals surface area contributed by atoms with Crippen LogP contribution in [0.1, 0.15) is 20.3 Å². The Morgan fingerprint density at radius 2 is 2.29 bits per heavy atom. The van der Waals surface area contributed by atoms with Crippen molar-refractivity contribution in [1.82, 2.24) is 0 Å². The lowest BCUT2D eigenvalue weighted by atomic mass is 10.1. The molecule has 1 aliphatic heterocycles. The molecular weight excluding hydrogens is 236 g/mol. The zero-order chi connectivity index (χ0) is 12.4. The van der Waals surface area contributed by atoms with Gasteiger partial charge in [0.05, 0.1) is 30.1 Å². The van der Waals surface area contributed by atoms with Crippen molar-refractivity contribution in [2.24, 2.45) is 0 Å². The zero-order valence-electron chi connectivity index (χ0n) is 10.3. The van der Waals surface area contributed by atoms with E-state index >= 15 is 0 Å². The average Bonchev–Trinajstić information content (AvgIpc) is 2.29. The van der Waals surface area contributed by atoms with E-state index in [9.17, 15) is 0 Å². The highest BCUT2D eigenvalue weighted by molar-refractivity contribution is 6.31. The number of nitrogens with zero attached hydrogens (tertiary/aromatic N) is 1. The Hall–Kier alpha value is -0.930. The number of rotatable bonds is 2. The van der Waals surface area contributed by atoms with Crippen LogP contribution in [0.25, 0.3) is 0 Å². The molecule has 2 rings (SSSR count). The molecule has 1 saturated heterocycles. The molecule has 1 heterocycles. The van der Waals surface area contributed by atoms with E-state index in [4.69, 9.17) is 22.1 Å². The zero-order valence-corrected chi connectivity index (χ0v) is 11.1. The van der Waals surface area contributed by atoms with Crippen LogP contribution in [0, 0.1) is 0 Å². The number of halogens is 1. The van der Waals surface area contributed by atoms with Crippen molar-refractivity contribution in [3.63, 3.8) is 0 Å². The Labute approximate surface area is 107 Å². The molecule has 0 saturated carbocycles. The van der Waals surface area contributed by atoms with Gasteiger partial charge in [0.2, 0.25) is 0 Å². The molecule has 0 aliphatic carbocycles. The van der Waals surface area contributed by atoms with E-state index in [2.05, 4.69) is 18.7 Å². The third-order valence-corrected chi connectivity index (χ3v) is 3.47. The van der Waals surface area contributed by atoms with Crippen LogP contribution in [0.3, 0.4) is 0 Å². The molecule has 0 aromatic heterocycles. The minimum absolute atomic E-state index is 0.243. The minimum atomic E-state index is 0.243. The van der Waals surface area contributed by atoms with E-state index in [1.807, 2.05) is 18.2 Å². The summed E-state index contributed by atoms with van der Waals surface area (Å²) in [5.74, 6) is 0. The van der Waals surface area contributed by atoms with Crippen LogP contribution in [-0.4, -0.2) is 25.3 Å². The molecule has 17 heavy (non-hydrogen) atoms. The van der Waals surface area contributed by atoms with Gasteiger partial charge in [-0.25, -0.2) is 0 Å². The van der Waals surface area contributed by atoms with E-state index in [1.165, 1.54) is 0 Å². The average molecular weight is 255 g/mol. The summed E-state index contributed by atoms with van der Waals surface area (Å²) in [6.45, 7) is 5.90. The molecule has 0 radical (unpaired) electrons.